The molecule has 4 rings (SSSR count). The summed E-state index contributed by atoms with van der Waals surface area (Å²) in [5.41, 5.74) is 0.985. The van der Waals surface area contributed by atoms with E-state index < -0.39 is 0 Å². The number of aryl methyl sites for hydroxylation is 1. The first-order valence-corrected chi connectivity index (χ1v) is 8.27. The molecule has 1 aromatic heterocycles. The number of para-hydroxylation sites is 1. The van der Waals surface area contributed by atoms with E-state index in [1.165, 1.54) is 17.4 Å². The van der Waals surface area contributed by atoms with Crippen molar-refractivity contribution < 1.29 is 9.18 Å². The summed E-state index contributed by atoms with van der Waals surface area (Å²) >= 11 is 1.30. The summed E-state index contributed by atoms with van der Waals surface area (Å²) < 4.78 is 16.3. The van der Waals surface area contributed by atoms with E-state index in [1.807, 2.05) is 42.5 Å². The maximum atomic E-state index is 14.0. The van der Waals surface area contributed by atoms with E-state index in [2.05, 4.69) is 4.99 Å². The number of amides is 1. The van der Waals surface area contributed by atoms with Crippen molar-refractivity contribution in [2.45, 2.75) is 0 Å². The zero-order valence-electron chi connectivity index (χ0n) is 12.9. The van der Waals surface area contributed by atoms with Crippen LogP contribution < -0.4 is 4.80 Å². The average molecular weight is 336 g/mol. The second-order valence-corrected chi connectivity index (χ2v) is 6.52. The lowest BCUT2D eigenvalue weighted by molar-refractivity contribution is 0.0998. The summed E-state index contributed by atoms with van der Waals surface area (Å²) in [6.45, 7) is 0. The van der Waals surface area contributed by atoms with Crippen molar-refractivity contribution in [3.8, 4) is 0 Å². The highest BCUT2D eigenvalue weighted by Crippen LogP contribution is 2.20. The Morgan fingerprint density at radius 2 is 1.83 bits per heavy atom. The molecular formula is C19H13FN2OS. The number of benzene rings is 3. The highest BCUT2D eigenvalue weighted by atomic mass is 32.1. The number of halogens is 1. The molecule has 0 aliphatic rings. The van der Waals surface area contributed by atoms with E-state index in [0.29, 0.717) is 15.9 Å². The van der Waals surface area contributed by atoms with Crippen molar-refractivity contribution in [3.63, 3.8) is 0 Å². The molecule has 0 bridgehead atoms. The van der Waals surface area contributed by atoms with Crippen LogP contribution in [0.4, 0.5) is 4.39 Å². The number of rotatable bonds is 1. The van der Waals surface area contributed by atoms with Crippen LogP contribution in [0.2, 0.25) is 0 Å². The van der Waals surface area contributed by atoms with E-state index in [0.717, 1.165) is 15.5 Å². The van der Waals surface area contributed by atoms with Gasteiger partial charge in [-0.15, -0.1) is 0 Å². The van der Waals surface area contributed by atoms with Gasteiger partial charge in [0, 0.05) is 12.6 Å². The van der Waals surface area contributed by atoms with Crippen molar-refractivity contribution >= 4 is 38.2 Å². The number of carbonyl (C=O) groups excluding carboxylic acids is 1. The van der Waals surface area contributed by atoms with Crippen LogP contribution >= 0.6 is 11.3 Å². The molecule has 0 unspecified atom stereocenters. The normalized spacial score (nSPS) is 12.2. The largest absolute Gasteiger partial charge is 0.317 e. The van der Waals surface area contributed by atoms with Gasteiger partial charge in [0.15, 0.2) is 4.80 Å². The van der Waals surface area contributed by atoms with Crippen LogP contribution in [-0.4, -0.2) is 10.5 Å². The van der Waals surface area contributed by atoms with Crippen LogP contribution in [0.15, 0.2) is 65.7 Å². The monoisotopic (exact) mass is 336 g/mol. The summed E-state index contributed by atoms with van der Waals surface area (Å²) in [5, 5.41) is 2.06. The molecule has 0 radical (unpaired) electrons. The topological polar surface area (TPSA) is 34.4 Å². The fourth-order valence-corrected chi connectivity index (χ4v) is 3.77. The lowest BCUT2D eigenvalue weighted by atomic mass is 10.1. The van der Waals surface area contributed by atoms with Crippen molar-refractivity contribution in [2.24, 2.45) is 12.0 Å². The fraction of sp³-hybridized carbons (Fsp3) is 0.0526. The zero-order valence-corrected chi connectivity index (χ0v) is 13.7. The summed E-state index contributed by atoms with van der Waals surface area (Å²) in [4.78, 5) is 17.2. The second-order valence-electron chi connectivity index (χ2n) is 5.51. The molecule has 1 amide bonds. The lowest BCUT2D eigenvalue weighted by Gasteiger charge is -2.00. The van der Waals surface area contributed by atoms with Gasteiger partial charge in [0.1, 0.15) is 5.82 Å². The summed E-state index contributed by atoms with van der Waals surface area (Å²) in [6, 6.07) is 18.2. The minimum atomic E-state index is -0.330. The van der Waals surface area contributed by atoms with Crippen LogP contribution in [0.25, 0.3) is 21.0 Å². The summed E-state index contributed by atoms with van der Waals surface area (Å²) in [7, 11) is 1.72. The van der Waals surface area contributed by atoms with E-state index in [1.54, 1.807) is 23.7 Å². The van der Waals surface area contributed by atoms with Crippen LogP contribution in [0.1, 0.15) is 10.4 Å². The Balaban J connectivity index is 1.83. The first kappa shape index (κ1) is 14.8. The van der Waals surface area contributed by atoms with Gasteiger partial charge in [0.05, 0.1) is 10.2 Å². The first-order chi connectivity index (χ1) is 11.6. The summed E-state index contributed by atoms with van der Waals surface area (Å²) in [5.74, 6) is -0.644. The highest BCUT2D eigenvalue weighted by molar-refractivity contribution is 7.16. The summed E-state index contributed by atoms with van der Waals surface area (Å²) in [6.07, 6.45) is 0. The minimum absolute atomic E-state index is 0.314. The zero-order chi connectivity index (χ0) is 16.7. The van der Waals surface area contributed by atoms with Crippen molar-refractivity contribution in [1.29, 1.82) is 0 Å². The third-order valence-electron chi connectivity index (χ3n) is 3.97. The molecule has 0 spiro atoms. The van der Waals surface area contributed by atoms with Gasteiger partial charge in [-0.05, 0) is 35.0 Å². The molecule has 5 heteroatoms. The quantitative estimate of drug-likeness (QED) is 0.511. The first-order valence-electron chi connectivity index (χ1n) is 7.45. The van der Waals surface area contributed by atoms with E-state index in [9.17, 15) is 9.18 Å². The molecule has 0 saturated carbocycles. The Bertz CT molecular complexity index is 1160. The molecule has 3 nitrogen and oxygen atoms in total. The van der Waals surface area contributed by atoms with E-state index in [4.69, 9.17) is 0 Å². The van der Waals surface area contributed by atoms with Crippen molar-refractivity contribution in [2.75, 3.05) is 0 Å². The number of aromatic nitrogens is 1. The molecule has 0 saturated heterocycles. The molecule has 0 fully saturated rings. The van der Waals surface area contributed by atoms with Gasteiger partial charge < -0.3 is 4.57 Å². The van der Waals surface area contributed by atoms with Gasteiger partial charge in [-0.1, -0.05) is 47.7 Å². The number of nitrogens with zero attached hydrogens (tertiary/aromatic N) is 2. The molecule has 24 heavy (non-hydrogen) atoms. The number of hydrogen-bond acceptors (Lipinski definition) is 2. The third-order valence-corrected chi connectivity index (χ3v) is 5.06. The van der Waals surface area contributed by atoms with E-state index >= 15 is 0 Å². The van der Waals surface area contributed by atoms with Crippen LogP contribution in [0.5, 0.6) is 0 Å². The molecule has 0 aliphatic heterocycles. The minimum Gasteiger partial charge on any atom is -0.317 e. The Morgan fingerprint density at radius 3 is 2.62 bits per heavy atom. The van der Waals surface area contributed by atoms with Crippen LogP contribution in [-0.2, 0) is 7.05 Å². The molecule has 1 heterocycles. The van der Waals surface area contributed by atoms with Gasteiger partial charge in [-0.2, -0.15) is 4.99 Å². The van der Waals surface area contributed by atoms with Gasteiger partial charge in [-0.25, -0.2) is 4.39 Å². The van der Waals surface area contributed by atoms with Crippen molar-refractivity contribution in [1.82, 2.24) is 4.57 Å². The number of fused-ring (bicyclic) bond motifs is 2. The number of thiazole rings is 1. The molecule has 3 aromatic carbocycles. The molecule has 4 aromatic rings. The second kappa shape index (κ2) is 5.69. The standard InChI is InChI=1S/C19H13FN2OS/c1-22-17-15(20)7-4-8-16(17)24-19(22)21-18(23)14-10-9-12-5-2-3-6-13(12)11-14/h2-11H,1H3. The maximum Gasteiger partial charge on any atom is 0.279 e. The van der Waals surface area contributed by atoms with Gasteiger partial charge in [0.25, 0.3) is 5.91 Å². The Morgan fingerprint density at radius 1 is 1.04 bits per heavy atom. The smallest absolute Gasteiger partial charge is 0.279 e. The fourth-order valence-electron chi connectivity index (χ4n) is 2.74. The SMILES string of the molecule is Cn1c(=NC(=O)c2ccc3ccccc3c2)sc2cccc(F)c21. The Hall–Kier alpha value is -2.79. The number of carbonyl (C=O) groups is 1. The third kappa shape index (κ3) is 2.43. The van der Waals surface area contributed by atoms with Gasteiger partial charge in [0.2, 0.25) is 0 Å². The molecule has 0 N–H and O–H groups in total. The lowest BCUT2D eigenvalue weighted by Crippen LogP contribution is -2.13. The van der Waals surface area contributed by atoms with Gasteiger partial charge in [-0.3, -0.25) is 4.79 Å². The average Bonchev–Trinajstić information content (AvgIpc) is 2.91. The molecule has 0 aliphatic carbocycles. The van der Waals surface area contributed by atoms with Crippen molar-refractivity contribution in [3.05, 3.63) is 76.8 Å². The van der Waals surface area contributed by atoms with Gasteiger partial charge >= 0.3 is 0 Å². The Kier molecular flexibility index (Phi) is 3.50. The van der Waals surface area contributed by atoms with Crippen LogP contribution in [0.3, 0.4) is 0 Å². The molecule has 118 valence electrons. The Labute approximate surface area is 141 Å². The number of hydrogen-bond donors (Lipinski definition) is 0. The highest BCUT2D eigenvalue weighted by Gasteiger charge is 2.10. The predicted octanol–water partition coefficient (Wildman–Crippen LogP) is 4.27. The molecular weight excluding hydrogens is 323 g/mol. The molecule has 0 atom stereocenters. The van der Waals surface area contributed by atoms with Crippen LogP contribution in [0, 0.1) is 5.82 Å². The predicted molar refractivity (Wildman–Crippen MR) is 94.6 cm³/mol. The van der Waals surface area contributed by atoms with E-state index in [-0.39, 0.29) is 11.7 Å². The maximum absolute atomic E-state index is 14.0.